The van der Waals surface area contributed by atoms with Crippen LogP contribution < -0.4 is 0 Å². The van der Waals surface area contributed by atoms with Crippen molar-refractivity contribution >= 4 is 21.4 Å². The van der Waals surface area contributed by atoms with Crippen LogP contribution in [0.25, 0.3) is 5.78 Å². The van der Waals surface area contributed by atoms with Crippen LogP contribution in [0.5, 0.6) is 0 Å². The van der Waals surface area contributed by atoms with Crippen molar-refractivity contribution in [3.63, 3.8) is 0 Å². The summed E-state index contributed by atoms with van der Waals surface area (Å²) in [5.74, 6) is 0.533. The van der Waals surface area contributed by atoms with Gasteiger partial charge in [0.05, 0.1) is 15.4 Å². The molecule has 0 spiro atoms. The second kappa shape index (κ2) is 10.1. The summed E-state index contributed by atoms with van der Waals surface area (Å²) >= 11 is 0. The molecule has 0 unspecified atom stereocenters. The molecule has 3 heterocycles. The van der Waals surface area contributed by atoms with Gasteiger partial charge in [-0.15, -0.1) is 0 Å². The molecule has 0 aliphatic carbocycles. The Hall–Kier alpha value is -3.36. The maximum atomic E-state index is 13.2. The van der Waals surface area contributed by atoms with E-state index in [1.54, 1.807) is 65.6 Å². The van der Waals surface area contributed by atoms with E-state index in [1.807, 2.05) is 12.1 Å². The summed E-state index contributed by atoms with van der Waals surface area (Å²) in [5.41, 5.74) is 2.46. The van der Waals surface area contributed by atoms with Gasteiger partial charge in [-0.1, -0.05) is 30.7 Å². The zero-order valence-corrected chi connectivity index (χ0v) is 20.3. The molecule has 1 aliphatic heterocycles. The summed E-state index contributed by atoms with van der Waals surface area (Å²) in [4.78, 5) is 23.8. The number of carbonyl (C=O) groups is 1. The molecule has 7 nitrogen and oxygen atoms in total. The fourth-order valence-electron chi connectivity index (χ4n) is 4.52. The van der Waals surface area contributed by atoms with Crippen LogP contribution in [-0.2, 0) is 22.8 Å². The van der Waals surface area contributed by atoms with E-state index >= 15 is 0 Å². The standard InChI is InChI=1S/C27H28N4O3S/c32-26(23-18-29-27-28-13-16-31(27)20-23)12-9-21-7-10-24(11-8-21)35(33,34)25-6-4-5-22(17-25)19-30-14-2-1-3-15-30/h4-8,10-11,13,16-18,20H,1-3,9,12,14-15,19H2. The SMILES string of the molecule is O=C(CCc1ccc(S(=O)(=O)c2cccc(CN3CCCCC3)c2)cc1)c1cnc2nccn2c1. The highest BCUT2D eigenvalue weighted by Crippen LogP contribution is 2.24. The van der Waals surface area contributed by atoms with Crippen molar-refractivity contribution in [2.24, 2.45) is 0 Å². The number of hydrogen-bond acceptors (Lipinski definition) is 6. The molecule has 0 N–H and O–H groups in total. The van der Waals surface area contributed by atoms with Gasteiger partial charge in [-0.05, 0) is 67.7 Å². The highest BCUT2D eigenvalue weighted by Gasteiger charge is 2.19. The summed E-state index contributed by atoms with van der Waals surface area (Å²) in [6.45, 7) is 2.91. The third-order valence-corrected chi connectivity index (χ3v) is 8.27. The Bertz CT molecular complexity index is 1440. The summed E-state index contributed by atoms with van der Waals surface area (Å²) in [6.07, 6.45) is 11.2. The number of fused-ring (bicyclic) bond motifs is 1. The number of nitrogens with zero attached hydrogens (tertiary/aromatic N) is 4. The summed E-state index contributed by atoms with van der Waals surface area (Å²) in [7, 11) is -3.61. The Labute approximate surface area is 205 Å². The number of ketones is 1. The number of likely N-dealkylation sites (tertiary alicyclic amines) is 1. The number of benzene rings is 2. The third-order valence-electron chi connectivity index (χ3n) is 6.51. The van der Waals surface area contributed by atoms with Crippen LogP contribution in [0.1, 0.15) is 47.2 Å². The predicted molar refractivity (Wildman–Crippen MR) is 133 cm³/mol. The van der Waals surface area contributed by atoms with Crippen LogP contribution in [0.3, 0.4) is 0 Å². The molecule has 5 rings (SSSR count). The minimum atomic E-state index is -3.61. The van der Waals surface area contributed by atoms with Crippen molar-refractivity contribution in [2.45, 2.75) is 48.4 Å². The Kier molecular flexibility index (Phi) is 6.74. The molecule has 0 atom stereocenters. The van der Waals surface area contributed by atoms with Crippen LogP contribution in [0, 0.1) is 0 Å². The molecule has 0 bridgehead atoms. The highest BCUT2D eigenvalue weighted by atomic mass is 32.2. The Morgan fingerprint density at radius 3 is 2.51 bits per heavy atom. The van der Waals surface area contributed by atoms with Gasteiger partial charge in [0.2, 0.25) is 15.6 Å². The molecule has 0 amide bonds. The lowest BCUT2D eigenvalue weighted by molar-refractivity contribution is 0.0982. The van der Waals surface area contributed by atoms with Crippen molar-refractivity contribution in [1.29, 1.82) is 0 Å². The number of aromatic nitrogens is 3. The first-order valence-corrected chi connectivity index (χ1v) is 13.4. The average molecular weight is 489 g/mol. The number of rotatable bonds is 8. The number of sulfone groups is 1. The molecule has 1 saturated heterocycles. The van der Waals surface area contributed by atoms with Gasteiger partial charge in [-0.25, -0.2) is 18.4 Å². The Morgan fingerprint density at radius 1 is 0.914 bits per heavy atom. The van der Waals surface area contributed by atoms with E-state index in [-0.39, 0.29) is 10.7 Å². The minimum Gasteiger partial charge on any atom is -0.299 e. The fourth-order valence-corrected chi connectivity index (χ4v) is 5.85. The van der Waals surface area contributed by atoms with E-state index in [2.05, 4.69) is 14.9 Å². The first-order chi connectivity index (χ1) is 17.0. The summed E-state index contributed by atoms with van der Waals surface area (Å²) in [5, 5.41) is 0. The lowest BCUT2D eigenvalue weighted by Crippen LogP contribution is -2.29. The average Bonchev–Trinajstić information content (AvgIpc) is 3.36. The van der Waals surface area contributed by atoms with Crippen LogP contribution in [-0.4, -0.2) is 46.6 Å². The lowest BCUT2D eigenvalue weighted by Gasteiger charge is -2.26. The minimum absolute atomic E-state index is 0.0182. The molecule has 180 valence electrons. The summed E-state index contributed by atoms with van der Waals surface area (Å²) < 4.78 is 28.2. The van der Waals surface area contributed by atoms with Crippen molar-refractivity contribution in [2.75, 3.05) is 13.1 Å². The van der Waals surface area contributed by atoms with Gasteiger partial charge in [0.1, 0.15) is 0 Å². The normalized spacial score (nSPS) is 14.9. The quantitative estimate of drug-likeness (QED) is 0.343. The van der Waals surface area contributed by atoms with Gasteiger partial charge in [0, 0.05) is 37.8 Å². The largest absolute Gasteiger partial charge is 0.299 e. The number of carbonyl (C=O) groups excluding carboxylic acids is 1. The van der Waals surface area contributed by atoms with Crippen LogP contribution in [0.4, 0.5) is 0 Å². The third kappa shape index (κ3) is 5.33. The van der Waals surface area contributed by atoms with E-state index in [0.29, 0.717) is 29.1 Å². The molecular weight excluding hydrogens is 460 g/mol. The van der Waals surface area contributed by atoms with E-state index < -0.39 is 9.84 Å². The van der Waals surface area contributed by atoms with Crippen molar-refractivity contribution in [3.05, 3.63) is 90.0 Å². The Morgan fingerprint density at radius 2 is 1.71 bits per heavy atom. The number of Topliss-reactive ketones (excluding diaryl/α,β-unsaturated/α-hetero) is 1. The molecular formula is C27H28N4O3S. The summed E-state index contributed by atoms with van der Waals surface area (Å²) in [6, 6.07) is 14.1. The number of hydrogen-bond donors (Lipinski definition) is 0. The highest BCUT2D eigenvalue weighted by molar-refractivity contribution is 7.91. The monoisotopic (exact) mass is 488 g/mol. The van der Waals surface area contributed by atoms with Crippen molar-refractivity contribution in [3.8, 4) is 0 Å². The van der Waals surface area contributed by atoms with Gasteiger partial charge in [-0.2, -0.15) is 0 Å². The molecule has 4 aromatic rings. The molecule has 1 aliphatic rings. The predicted octanol–water partition coefficient (Wildman–Crippen LogP) is 4.36. The smallest absolute Gasteiger partial charge is 0.233 e. The van der Waals surface area contributed by atoms with Crippen LogP contribution in [0.2, 0.25) is 0 Å². The Balaban J connectivity index is 1.24. The second-order valence-electron chi connectivity index (χ2n) is 9.03. The molecule has 0 saturated carbocycles. The molecule has 1 fully saturated rings. The molecule has 0 radical (unpaired) electrons. The van der Waals surface area contributed by atoms with Gasteiger partial charge < -0.3 is 0 Å². The lowest BCUT2D eigenvalue weighted by atomic mass is 10.0. The first-order valence-electron chi connectivity index (χ1n) is 12.0. The topological polar surface area (TPSA) is 84.6 Å². The maximum Gasteiger partial charge on any atom is 0.233 e. The number of imidazole rings is 1. The fraction of sp³-hybridized carbons (Fsp3) is 0.296. The van der Waals surface area contributed by atoms with Crippen LogP contribution >= 0.6 is 0 Å². The van der Waals surface area contributed by atoms with Gasteiger partial charge >= 0.3 is 0 Å². The van der Waals surface area contributed by atoms with Gasteiger partial charge in [0.25, 0.3) is 0 Å². The molecule has 8 heteroatoms. The van der Waals surface area contributed by atoms with E-state index in [4.69, 9.17) is 0 Å². The van der Waals surface area contributed by atoms with Gasteiger partial charge in [0.15, 0.2) is 5.78 Å². The van der Waals surface area contributed by atoms with E-state index in [1.165, 1.54) is 19.3 Å². The van der Waals surface area contributed by atoms with Gasteiger partial charge in [-0.3, -0.25) is 14.1 Å². The molecule has 35 heavy (non-hydrogen) atoms. The second-order valence-corrected chi connectivity index (χ2v) is 11.0. The first kappa shape index (κ1) is 23.4. The zero-order valence-electron chi connectivity index (χ0n) is 19.5. The van der Waals surface area contributed by atoms with E-state index in [0.717, 1.165) is 30.8 Å². The van der Waals surface area contributed by atoms with Crippen LogP contribution in [0.15, 0.2) is 83.1 Å². The zero-order chi connectivity index (χ0) is 24.3. The number of aryl methyl sites for hydroxylation is 1. The van der Waals surface area contributed by atoms with Crippen molar-refractivity contribution in [1.82, 2.24) is 19.3 Å². The molecule has 2 aromatic heterocycles. The maximum absolute atomic E-state index is 13.2. The molecule has 2 aromatic carbocycles. The number of piperidine rings is 1. The van der Waals surface area contributed by atoms with E-state index in [9.17, 15) is 13.2 Å². The van der Waals surface area contributed by atoms with Crippen molar-refractivity contribution < 1.29 is 13.2 Å².